The molecule has 0 atom stereocenters. The van der Waals surface area contributed by atoms with E-state index in [1.165, 1.54) is 31.9 Å². The van der Waals surface area contributed by atoms with E-state index in [-0.39, 0.29) is 24.0 Å². The molecule has 0 spiro atoms. The van der Waals surface area contributed by atoms with Gasteiger partial charge in [0, 0.05) is 87.7 Å². The maximum Gasteiger partial charge on any atom is 0.259 e. The molecule has 7 nitrogen and oxygen atoms in total. The second-order valence-corrected chi connectivity index (χ2v) is 12.7. The van der Waals surface area contributed by atoms with Gasteiger partial charge in [-0.05, 0) is 62.8 Å². The maximum absolute atomic E-state index is 12.5. The van der Waals surface area contributed by atoms with Gasteiger partial charge >= 0.3 is 0 Å². The Labute approximate surface area is 251 Å². The first kappa shape index (κ1) is 26.9. The Bertz CT molecular complexity index is 1340. The number of piperazine rings is 2. The van der Waals surface area contributed by atoms with Crippen LogP contribution in [0.2, 0.25) is 0 Å². The fourth-order valence-corrected chi connectivity index (χ4v) is 7.25. The van der Waals surface area contributed by atoms with Crippen molar-refractivity contribution in [2.45, 2.75) is 39.5 Å². The van der Waals surface area contributed by atoms with Gasteiger partial charge in [-0.15, -0.1) is 0 Å². The van der Waals surface area contributed by atoms with Gasteiger partial charge < -0.3 is 43.6 Å². The number of carbonyl (C=O) groups excluding carboxylic acids is 2. The second kappa shape index (κ2) is 10.6. The van der Waals surface area contributed by atoms with E-state index in [4.69, 9.17) is 4.98 Å². The van der Waals surface area contributed by atoms with Crippen LogP contribution < -0.4 is 33.8 Å². The van der Waals surface area contributed by atoms with Gasteiger partial charge in [0.05, 0.1) is 0 Å². The molecule has 2 amide bonds. The maximum atomic E-state index is 12.5. The molecule has 3 aromatic rings. The standard InChI is InChI=1S/C30H36N5O2S.HI/c1-19-15-23(32-7-11-34(12-8-32)29(36)21-3-4-21)17-25-27(19)31-28-20(2)16-24(18-26(28)38-25)33-9-13-35(14-10-33)30(37)22-5-6-22;/h15-18,21-22H,3-14H2,1-2H3;1H/q+1;/p-1. The van der Waals surface area contributed by atoms with E-state index in [1.807, 2.05) is 11.3 Å². The van der Waals surface area contributed by atoms with E-state index in [1.54, 1.807) is 0 Å². The summed E-state index contributed by atoms with van der Waals surface area (Å²) < 4.78 is 2.42. The smallest absolute Gasteiger partial charge is 0.259 e. The molecule has 0 bridgehead atoms. The van der Waals surface area contributed by atoms with Crippen LogP contribution in [-0.2, 0) is 9.59 Å². The number of aromatic nitrogens is 1. The van der Waals surface area contributed by atoms with Crippen molar-refractivity contribution in [1.29, 1.82) is 0 Å². The fraction of sp³-hybridized carbons (Fsp3) is 0.533. The van der Waals surface area contributed by atoms with Crippen molar-refractivity contribution in [3.63, 3.8) is 0 Å². The van der Waals surface area contributed by atoms with Crippen molar-refractivity contribution in [1.82, 2.24) is 14.8 Å². The van der Waals surface area contributed by atoms with Crippen LogP contribution in [0, 0.1) is 25.7 Å². The van der Waals surface area contributed by atoms with Gasteiger partial charge in [-0.2, -0.15) is 0 Å². The Balaban J connectivity index is 0.00000277. The third-order valence-corrected chi connectivity index (χ3v) is 9.77. The Morgan fingerprint density at radius 2 is 1.05 bits per heavy atom. The predicted octanol–water partition coefficient (Wildman–Crippen LogP) is 1.47. The minimum Gasteiger partial charge on any atom is -1.00 e. The molecule has 2 aromatic carbocycles. The van der Waals surface area contributed by atoms with Crippen LogP contribution in [0.4, 0.5) is 11.4 Å². The molecule has 0 radical (unpaired) electrons. The van der Waals surface area contributed by atoms with Gasteiger partial charge in [-0.25, -0.2) is 4.98 Å². The van der Waals surface area contributed by atoms with Crippen molar-refractivity contribution in [3.05, 3.63) is 35.4 Å². The lowest BCUT2D eigenvalue weighted by molar-refractivity contribution is -0.133. The first-order valence-electron chi connectivity index (χ1n) is 14.2. The summed E-state index contributed by atoms with van der Waals surface area (Å²) in [6.45, 7) is 11.1. The van der Waals surface area contributed by atoms with E-state index in [2.05, 4.69) is 57.7 Å². The number of aryl methyl sites for hydroxylation is 2. The highest BCUT2D eigenvalue weighted by molar-refractivity contribution is 7.24. The summed E-state index contributed by atoms with van der Waals surface area (Å²) in [6.07, 6.45) is 4.29. The van der Waals surface area contributed by atoms with Crippen LogP contribution in [0.25, 0.3) is 20.4 Å². The Kier molecular flexibility index (Phi) is 7.33. The molecule has 2 aliphatic heterocycles. The Morgan fingerprint density at radius 1 is 0.667 bits per heavy atom. The summed E-state index contributed by atoms with van der Waals surface area (Å²) in [5, 5.41) is 0. The lowest BCUT2D eigenvalue weighted by atomic mass is 10.1. The van der Waals surface area contributed by atoms with Gasteiger partial charge in [0.25, 0.3) is 9.40 Å². The van der Waals surface area contributed by atoms with Gasteiger partial charge in [0.1, 0.15) is 11.0 Å². The highest BCUT2D eigenvalue weighted by atomic mass is 127. The molecule has 39 heavy (non-hydrogen) atoms. The zero-order valence-corrected chi connectivity index (χ0v) is 25.8. The van der Waals surface area contributed by atoms with E-state index < -0.39 is 0 Å². The highest BCUT2D eigenvalue weighted by Crippen LogP contribution is 2.36. The minimum atomic E-state index is 0. The van der Waals surface area contributed by atoms with Gasteiger partial charge in [0.15, 0.2) is 0 Å². The predicted molar refractivity (Wildman–Crippen MR) is 154 cm³/mol. The summed E-state index contributed by atoms with van der Waals surface area (Å²) in [5.74, 6) is 1.32. The molecule has 9 heteroatoms. The first-order chi connectivity index (χ1) is 18.4. The fourth-order valence-electron chi connectivity index (χ4n) is 6.04. The third-order valence-electron chi connectivity index (χ3n) is 8.71. The molecule has 3 heterocycles. The SMILES string of the molecule is Cc1cc(N2CCN(C(=O)C3CC3)CC2)cc2[s+]c3cc(N4CCN(C(=O)C5CC5)CC4)cc(C)c3nc12.[I-]. The summed E-state index contributed by atoms with van der Waals surface area (Å²) in [7, 11) is 0. The highest BCUT2D eigenvalue weighted by Gasteiger charge is 2.36. The topological polar surface area (TPSA) is 60.0 Å². The average Bonchev–Trinajstić information content (AvgIpc) is 3.85. The van der Waals surface area contributed by atoms with Crippen molar-refractivity contribution >= 4 is 55.0 Å². The van der Waals surface area contributed by atoms with Crippen LogP contribution in [-0.4, -0.2) is 79.0 Å². The number of hydrogen-bond acceptors (Lipinski definition) is 5. The third kappa shape index (κ3) is 5.28. The number of rotatable bonds is 4. The van der Waals surface area contributed by atoms with Crippen molar-refractivity contribution in [2.24, 2.45) is 11.8 Å². The van der Waals surface area contributed by atoms with Crippen LogP contribution in [0.3, 0.4) is 0 Å². The monoisotopic (exact) mass is 657 g/mol. The summed E-state index contributed by atoms with van der Waals surface area (Å²) in [4.78, 5) is 39.1. The molecular formula is C30H36IN5O2S. The van der Waals surface area contributed by atoms with Crippen molar-refractivity contribution in [3.8, 4) is 0 Å². The molecule has 1 aromatic heterocycles. The van der Waals surface area contributed by atoms with Crippen LogP contribution >= 0.6 is 11.3 Å². The Morgan fingerprint density at radius 3 is 1.41 bits per heavy atom. The number of anilines is 2. The van der Waals surface area contributed by atoms with Gasteiger partial charge in [-0.1, -0.05) is 0 Å². The number of amides is 2. The quantitative estimate of drug-likeness (QED) is 0.242. The zero-order valence-electron chi connectivity index (χ0n) is 22.8. The summed E-state index contributed by atoms with van der Waals surface area (Å²) >= 11 is 1.83. The van der Waals surface area contributed by atoms with E-state index in [0.717, 1.165) is 89.1 Å². The van der Waals surface area contributed by atoms with E-state index >= 15 is 0 Å². The molecule has 4 aliphatic rings. The molecular weight excluding hydrogens is 621 g/mol. The van der Waals surface area contributed by atoms with Gasteiger partial charge in [-0.3, -0.25) is 9.59 Å². The van der Waals surface area contributed by atoms with Gasteiger partial charge in [0.2, 0.25) is 23.2 Å². The van der Waals surface area contributed by atoms with Crippen molar-refractivity contribution < 1.29 is 33.6 Å². The second-order valence-electron chi connectivity index (χ2n) is 11.6. The molecule has 206 valence electrons. The van der Waals surface area contributed by atoms with Crippen LogP contribution in [0.5, 0.6) is 0 Å². The van der Waals surface area contributed by atoms with E-state index in [9.17, 15) is 9.59 Å². The summed E-state index contributed by atoms with van der Waals surface area (Å²) in [6, 6.07) is 9.11. The van der Waals surface area contributed by atoms with Crippen LogP contribution in [0.15, 0.2) is 24.3 Å². The molecule has 2 aliphatic carbocycles. The summed E-state index contributed by atoms with van der Waals surface area (Å²) in [5.41, 5.74) is 7.03. The number of hydrogen-bond donors (Lipinski definition) is 0. The largest absolute Gasteiger partial charge is 1.00 e. The molecule has 2 saturated carbocycles. The number of fused-ring (bicyclic) bond motifs is 2. The molecule has 0 N–H and O–H groups in total. The average molecular weight is 658 g/mol. The minimum absolute atomic E-state index is 0. The number of benzene rings is 2. The number of nitrogens with zero attached hydrogens (tertiary/aromatic N) is 5. The van der Waals surface area contributed by atoms with Crippen molar-refractivity contribution in [2.75, 3.05) is 62.2 Å². The molecule has 4 fully saturated rings. The normalized spacial score (nSPS) is 19.9. The lowest BCUT2D eigenvalue weighted by Crippen LogP contribution is -3.00. The zero-order chi connectivity index (χ0) is 26.0. The Hall–Kier alpha value is -2.27. The lowest BCUT2D eigenvalue weighted by Gasteiger charge is -2.36. The number of halogens is 1. The van der Waals surface area contributed by atoms with E-state index in [0.29, 0.717) is 23.7 Å². The molecule has 0 unspecified atom stereocenters. The molecule has 7 rings (SSSR count). The first-order valence-corrected chi connectivity index (χ1v) is 15.0. The molecule has 2 saturated heterocycles. The van der Waals surface area contributed by atoms with Crippen LogP contribution in [0.1, 0.15) is 36.8 Å². The number of carbonyl (C=O) groups is 2.